The highest BCUT2D eigenvalue weighted by Crippen LogP contribution is 2.23. The molecule has 1 aliphatic rings. The van der Waals surface area contributed by atoms with Gasteiger partial charge in [-0.25, -0.2) is 9.37 Å². The van der Waals surface area contributed by atoms with Crippen molar-refractivity contribution in [3.63, 3.8) is 0 Å². The van der Waals surface area contributed by atoms with E-state index in [4.69, 9.17) is 16.3 Å². The van der Waals surface area contributed by atoms with Gasteiger partial charge in [0, 0.05) is 28.5 Å². The van der Waals surface area contributed by atoms with E-state index >= 15 is 0 Å². The molecule has 1 amide bonds. The molecule has 7 nitrogen and oxygen atoms in total. The Bertz CT molecular complexity index is 1320. The zero-order valence-corrected chi connectivity index (χ0v) is 19.6. The Labute approximate surface area is 206 Å². The second kappa shape index (κ2) is 10.4. The van der Waals surface area contributed by atoms with E-state index in [1.807, 2.05) is 30.3 Å². The third-order valence-electron chi connectivity index (χ3n) is 5.90. The lowest BCUT2D eigenvalue weighted by molar-refractivity contribution is -0.118. The Morgan fingerprint density at radius 1 is 1.17 bits per heavy atom. The number of nitrogens with one attached hydrogen (secondary N) is 1. The van der Waals surface area contributed by atoms with Gasteiger partial charge in [-0.2, -0.15) is 10.2 Å². The molecule has 1 fully saturated rings. The number of benzene rings is 2. The number of carbonyl (C=O) groups is 1. The molecule has 0 saturated carbocycles. The first-order chi connectivity index (χ1) is 17.1. The topological polar surface area (TPSA) is 80.2 Å². The molecule has 2 aromatic heterocycles. The van der Waals surface area contributed by atoms with Crippen LogP contribution in [0.25, 0.3) is 10.8 Å². The van der Waals surface area contributed by atoms with Crippen LogP contribution in [-0.2, 0) is 22.5 Å². The molecular formula is C26H23ClFN5O2. The summed E-state index contributed by atoms with van der Waals surface area (Å²) in [6, 6.07) is 15.6. The summed E-state index contributed by atoms with van der Waals surface area (Å²) in [5, 5.41) is 13.7. The van der Waals surface area contributed by atoms with Crippen molar-refractivity contribution >= 4 is 34.1 Å². The molecule has 1 N–H and O–H groups in total. The third-order valence-corrected chi connectivity index (χ3v) is 6.12. The lowest BCUT2D eigenvalue weighted by atomic mass is 10.1. The fourth-order valence-corrected chi connectivity index (χ4v) is 4.43. The molecule has 0 bridgehead atoms. The summed E-state index contributed by atoms with van der Waals surface area (Å²) in [6.07, 6.45) is 3.41. The van der Waals surface area contributed by atoms with Crippen LogP contribution in [0.1, 0.15) is 22.9 Å². The van der Waals surface area contributed by atoms with Crippen molar-refractivity contribution in [1.82, 2.24) is 20.5 Å². The molecule has 1 aliphatic heterocycles. The summed E-state index contributed by atoms with van der Waals surface area (Å²) in [6.45, 7) is 2.11. The van der Waals surface area contributed by atoms with E-state index in [1.165, 1.54) is 17.0 Å². The van der Waals surface area contributed by atoms with Gasteiger partial charge in [0.1, 0.15) is 11.6 Å². The Kier molecular flexibility index (Phi) is 6.94. The molecule has 4 aromatic rings. The highest BCUT2D eigenvalue weighted by atomic mass is 35.5. The van der Waals surface area contributed by atoms with Crippen LogP contribution in [0.3, 0.4) is 0 Å². The average Bonchev–Trinajstić information content (AvgIpc) is 2.87. The Morgan fingerprint density at radius 2 is 2.06 bits per heavy atom. The molecule has 2 aromatic carbocycles. The summed E-state index contributed by atoms with van der Waals surface area (Å²) < 4.78 is 19.6. The van der Waals surface area contributed by atoms with Crippen LogP contribution in [-0.4, -0.2) is 40.8 Å². The van der Waals surface area contributed by atoms with Crippen LogP contribution >= 0.6 is 11.6 Å². The zero-order chi connectivity index (χ0) is 24.2. The highest BCUT2D eigenvalue weighted by molar-refractivity contribution is 6.30. The van der Waals surface area contributed by atoms with Gasteiger partial charge in [-0.15, -0.1) is 0 Å². The molecule has 178 valence electrons. The smallest absolute Gasteiger partial charge is 0.234 e. The maximum absolute atomic E-state index is 14.0. The summed E-state index contributed by atoms with van der Waals surface area (Å²) in [7, 11) is 0. The van der Waals surface area contributed by atoms with E-state index in [-0.39, 0.29) is 29.9 Å². The SMILES string of the molecule is O=C(Cc1nncc2ccccc12)N(Cc1cc(F)cc(Cl)c1)c1ccc(C2COCCN2)cn1. The van der Waals surface area contributed by atoms with E-state index in [9.17, 15) is 9.18 Å². The van der Waals surface area contributed by atoms with Crippen LogP contribution in [0, 0.1) is 5.82 Å². The quantitative estimate of drug-likeness (QED) is 0.434. The number of rotatable bonds is 6. The number of halogens is 2. The van der Waals surface area contributed by atoms with Crippen molar-refractivity contribution in [3.8, 4) is 0 Å². The maximum atomic E-state index is 14.0. The number of aromatic nitrogens is 3. The van der Waals surface area contributed by atoms with E-state index in [2.05, 4.69) is 20.5 Å². The maximum Gasteiger partial charge on any atom is 0.234 e. The first-order valence-electron chi connectivity index (χ1n) is 11.3. The molecule has 0 radical (unpaired) electrons. The standard InChI is InChI=1S/C26H23ClFN5O2/c27-20-9-17(10-21(28)11-20)15-33(25-6-5-19(13-30-25)24-16-35-8-7-29-24)26(34)12-23-22-4-2-1-3-18(22)14-31-32-23/h1-6,9-11,13-14,24,29H,7-8,12,15-16H2. The van der Waals surface area contributed by atoms with Crippen molar-refractivity contribution in [2.24, 2.45) is 0 Å². The van der Waals surface area contributed by atoms with Gasteiger partial charge in [0.05, 0.1) is 44.1 Å². The molecule has 9 heteroatoms. The molecule has 3 heterocycles. The fraction of sp³-hybridized carbons (Fsp3) is 0.231. The minimum Gasteiger partial charge on any atom is -0.378 e. The lowest BCUT2D eigenvalue weighted by Crippen LogP contribution is -2.35. The van der Waals surface area contributed by atoms with Crippen LogP contribution in [0.2, 0.25) is 5.02 Å². The van der Waals surface area contributed by atoms with Gasteiger partial charge in [0.2, 0.25) is 5.91 Å². The number of morpholine rings is 1. The first kappa shape index (κ1) is 23.3. The van der Waals surface area contributed by atoms with Gasteiger partial charge in [0.25, 0.3) is 0 Å². The summed E-state index contributed by atoms with van der Waals surface area (Å²) in [5.74, 6) is -0.258. The Hall–Kier alpha value is -3.46. The molecule has 1 atom stereocenters. The van der Waals surface area contributed by atoms with Crippen molar-refractivity contribution in [2.45, 2.75) is 19.0 Å². The third kappa shape index (κ3) is 5.45. The normalized spacial score (nSPS) is 15.8. The van der Waals surface area contributed by atoms with E-state index < -0.39 is 5.82 Å². The van der Waals surface area contributed by atoms with Gasteiger partial charge in [0.15, 0.2) is 0 Å². The number of fused-ring (bicyclic) bond motifs is 1. The predicted octanol–water partition coefficient (Wildman–Crippen LogP) is 4.25. The summed E-state index contributed by atoms with van der Waals surface area (Å²) in [4.78, 5) is 19.7. The van der Waals surface area contributed by atoms with E-state index in [0.717, 1.165) is 22.9 Å². The van der Waals surface area contributed by atoms with Crippen LogP contribution in [0.15, 0.2) is 67.0 Å². The molecule has 35 heavy (non-hydrogen) atoms. The first-order valence-corrected chi connectivity index (χ1v) is 11.7. The Morgan fingerprint density at radius 3 is 2.83 bits per heavy atom. The number of hydrogen-bond acceptors (Lipinski definition) is 6. The molecule has 1 unspecified atom stereocenters. The second-order valence-electron chi connectivity index (χ2n) is 8.34. The number of amides is 1. The Balaban J connectivity index is 1.46. The van der Waals surface area contributed by atoms with Gasteiger partial charge in [-0.05, 0) is 35.4 Å². The van der Waals surface area contributed by atoms with Gasteiger partial charge in [-0.1, -0.05) is 41.9 Å². The van der Waals surface area contributed by atoms with Crippen LogP contribution in [0.4, 0.5) is 10.2 Å². The van der Waals surface area contributed by atoms with Crippen molar-refractivity contribution in [1.29, 1.82) is 0 Å². The summed E-state index contributed by atoms with van der Waals surface area (Å²) >= 11 is 6.06. The largest absolute Gasteiger partial charge is 0.378 e. The van der Waals surface area contributed by atoms with Crippen molar-refractivity contribution < 1.29 is 13.9 Å². The average molecular weight is 492 g/mol. The molecule has 0 aliphatic carbocycles. The van der Waals surface area contributed by atoms with Gasteiger partial charge in [-0.3, -0.25) is 9.69 Å². The zero-order valence-electron chi connectivity index (χ0n) is 18.8. The number of carbonyl (C=O) groups excluding carboxylic acids is 1. The van der Waals surface area contributed by atoms with Gasteiger partial charge < -0.3 is 10.1 Å². The van der Waals surface area contributed by atoms with E-state index in [0.29, 0.717) is 30.3 Å². The number of anilines is 1. The van der Waals surface area contributed by atoms with Gasteiger partial charge >= 0.3 is 0 Å². The minimum atomic E-state index is -0.466. The van der Waals surface area contributed by atoms with E-state index in [1.54, 1.807) is 24.5 Å². The highest BCUT2D eigenvalue weighted by Gasteiger charge is 2.22. The van der Waals surface area contributed by atoms with Crippen molar-refractivity contribution in [3.05, 3.63) is 94.7 Å². The monoisotopic (exact) mass is 491 g/mol. The molecule has 5 rings (SSSR count). The molecule has 1 saturated heterocycles. The number of hydrogen-bond donors (Lipinski definition) is 1. The number of pyridine rings is 1. The van der Waals surface area contributed by atoms with Crippen molar-refractivity contribution in [2.75, 3.05) is 24.7 Å². The summed E-state index contributed by atoms with van der Waals surface area (Å²) in [5.41, 5.74) is 2.09. The van der Waals surface area contributed by atoms with Crippen LogP contribution in [0.5, 0.6) is 0 Å². The fourth-order valence-electron chi connectivity index (χ4n) is 4.18. The number of ether oxygens (including phenoxy) is 1. The number of nitrogens with zero attached hydrogens (tertiary/aromatic N) is 4. The lowest BCUT2D eigenvalue weighted by Gasteiger charge is -2.25. The molecule has 0 spiro atoms. The van der Waals surface area contributed by atoms with Crippen LogP contribution < -0.4 is 10.2 Å². The second-order valence-corrected chi connectivity index (χ2v) is 8.78. The minimum absolute atomic E-state index is 0.0128. The molecular weight excluding hydrogens is 469 g/mol. The predicted molar refractivity (Wildman–Crippen MR) is 132 cm³/mol.